The smallest absolute Gasteiger partial charge is 0.222 e. The van der Waals surface area contributed by atoms with E-state index in [1.165, 1.54) is 6.42 Å². The number of likely N-dealkylation sites (tertiary alicyclic amines) is 1. The second-order valence-electron chi connectivity index (χ2n) is 5.60. The summed E-state index contributed by atoms with van der Waals surface area (Å²) in [5.74, 6) is 3.21. The third kappa shape index (κ3) is 11.2. The van der Waals surface area contributed by atoms with Crippen LogP contribution in [0.4, 0.5) is 0 Å². The molecule has 7 heteroatoms. The van der Waals surface area contributed by atoms with Crippen molar-refractivity contribution >= 4 is 47.6 Å². The van der Waals surface area contributed by atoms with Crippen molar-refractivity contribution in [3.63, 3.8) is 0 Å². The molecule has 0 aromatic rings. The first-order valence-electron chi connectivity index (χ1n) is 8.76. The minimum Gasteiger partial charge on any atom is -0.357 e. The van der Waals surface area contributed by atoms with Crippen LogP contribution in [0.25, 0.3) is 0 Å². The predicted octanol–water partition coefficient (Wildman–Crippen LogP) is 2.87. The first kappa shape index (κ1) is 23.6. The lowest BCUT2D eigenvalue weighted by Gasteiger charge is -2.20. The van der Waals surface area contributed by atoms with Gasteiger partial charge in [0, 0.05) is 50.7 Å². The summed E-state index contributed by atoms with van der Waals surface area (Å²) in [5, 5.41) is 6.60. The number of aliphatic imine (C=N–C) groups is 1. The first-order chi connectivity index (χ1) is 11.3. The maximum Gasteiger partial charge on any atom is 0.222 e. The zero-order valence-corrected chi connectivity index (χ0v) is 18.0. The van der Waals surface area contributed by atoms with Crippen LogP contribution in [0, 0.1) is 0 Å². The molecule has 1 rings (SSSR count). The molecule has 1 aliphatic heterocycles. The lowest BCUT2D eigenvalue weighted by atomic mass is 10.2. The zero-order chi connectivity index (χ0) is 16.8. The SMILES string of the molecule is C=CCSCCNC(=NCCCN1CCCCCC1=O)NCC.I. The molecule has 0 aromatic heterocycles. The van der Waals surface area contributed by atoms with Gasteiger partial charge >= 0.3 is 0 Å². The summed E-state index contributed by atoms with van der Waals surface area (Å²) < 4.78 is 0. The molecule has 5 nitrogen and oxygen atoms in total. The molecule has 0 atom stereocenters. The third-order valence-corrected chi connectivity index (χ3v) is 4.61. The number of carbonyl (C=O) groups is 1. The second kappa shape index (κ2) is 16.1. The summed E-state index contributed by atoms with van der Waals surface area (Å²) in [6.45, 7) is 10.0. The summed E-state index contributed by atoms with van der Waals surface area (Å²) in [7, 11) is 0. The Balaban J connectivity index is 0.00000529. The highest BCUT2D eigenvalue weighted by Crippen LogP contribution is 2.11. The Labute approximate surface area is 168 Å². The maximum atomic E-state index is 11.9. The van der Waals surface area contributed by atoms with Gasteiger partial charge in [-0.05, 0) is 26.2 Å². The zero-order valence-electron chi connectivity index (χ0n) is 14.9. The van der Waals surface area contributed by atoms with E-state index in [-0.39, 0.29) is 24.0 Å². The number of halogens is 1. The summed E-state index contributed by atoms with van der Waals surface area (Å²) in [4.78, 5) is 18.5. The van der Waals surface area contributed by atoms with Gasteiger partial charge < -0.3 is 15.5 Å². The Kier molecular flexibility index (Phi) is 15.8. The Hall–Kier alpha value is -0.440. The Morgan fingerprint density at radius 3 is 2.96 bits per heavy atom. The molecule has 0 saturated carbocycles. The van der Waals surface area contributed by atoms with E-state index in [1.54, 1.807) is 0 Å². The molecular formula is C17H33IN4OS. The maximum absolute atomic E-state index is 11.9. The monoisotopic (exact) mass is 468 g/mol. The average Bonchev–Trinajstić information content (AvgIpc) is 2.75. The Morgan fingerprint density at radius 2 is 2.21 bits per heavy atom. The van der Waals surface area contributed by atoms with Gasteiger partial charge in [0.1, 0.15) is 0 Å². The molecule has 1 amide bonds. The van der Waals surface area contributed by atoms with Crippen molar-refractivity contribution in [3.05, 3.63) is 12.7 Å². The minimum absolute atomic E-state index is 0. The Bertz CT molecular complexity index is 380. The first-order valence-corrected chi connectivity index (χ1v) is 9.92. The highest BCUT2D eigenvalue weighted by molar-refractivity contribution is 14.0. The molecule has 0 aliphatic carbocycles. The van der Waals surface area contributed by atoms with Crippen molar-refractivity contribution < 1.29 is 4.79 Å². The van der Waals surface area contributed by atoms with E-state index >= 15 is 0 Å². The fraction of sp³-hybridized carbons (Fsp3) is 0.765. The van der Waals surface area contributed by atoms with E-state index in [0.717, 1.165) is 75.9 Å². The molecule has 0 spiro atoms. The van der Waals surface area contributed by atoms with Crippen LogP contribution in [0.15, 0.2) is 17.6 Å². The molecule has 0 radical (unpaired) electrons. The van der Waals surface area contributed by atoms with Crippen LogP contribution in [0.1, 0.15) is 39.0 Å². The predicted molar refractivity (Wildman–Crippen MR) is 117 cm³/mol. The normalized spacial score (nSPS) is 15.5. The number of amides is 1. The number of carbonyl (C=O) groups excluding carboxylic acids is 1. The van der Waals surface area contributed by atoms with E-state index in [1.807, 2.05) is 22.7 Å². The standard InChI is InChI=1S/C17H32N4OS.HI/c1-3-14-23-15-11-20-17(18-4-2)19-10-8-13-21-12-7-5-6-9-16(21)22;/h3H,1,4-15H2,2H3,(H2,18,19,20);1H. The largest absolute Gasteiger partial charge is 0.357 e. The van der Waals surface area contributed by atoms with Crippen molar-refractivity contribution in [2.75, 3.05) is 44.2 Å². The van der Waals surface area contributed by atoms with E-state index in [2.05, 4.69) is 29.1 Å². The van der Waals surface area contributed by atoms with Crippen molar-refractivity contribution in [3.8, 4) is 0 Å². The van der Waals surface area contributed by atoms with Gasteiger partial charge in [0.25, 0.3) is 0 Å². The molecule has 1 saturated heterocycles. The van der Waals surface area contributed by atoms with Crippen LogP contribution < -0.4 is 10.6 Å². The average molecular weight is 468 g/mol. The molecule has 140 valence electrons. The van der Waals surface area contributed by atoms with Crippen LogP contribution in [0.2, 0.25) is 0 Å². The van der Waals surface area contributed by atoms with Crippen LogP contribution in [-0.2, 0) is 4.79 Å². The van der Waals surface area contributed by atoms with E-state index in [9.17, 15) is 4.79 Å². The van der Waals surface area contributed by atoms with Crippen molar-refractivity contribution in [1.82, 2.24) is 15.5 Å². The molecule has 1 heterocycles. The molecule has 1 aliphatic rings. The highest BCUT2D eigenvalue weighted by Gasteiger charge is 2.15. The van der Waals surface area contributed by atoms with Crippen LogP contribution in [0.5, 0.6) is 0 Å². The van der Waals surface area contributed by atoms with Crippen molar-refractivity contribution in [2.24, 2.45) is 4.99 Å². The quantitative estimate of drug-likeness (QED) is 0.170. The second-order valence-corrected chi connectivity index (χ2v) is 6.75. The number of guanidine groups is 1. The van der Waals surface area contributed by atoms with Gasteiger partial charge in [-0.15, -0.1) is 30.6 Å². The molecule has 0 unspecified atom stereocenters. The van der Waals surface area contributed by atoms with Crippen molar-refractivity contribution in [1.29, 1.82) is 0 Å². The minimum atomic E-state index is 0. The van der Waals surface area contributed by atoms with Gasteiger partial charge in [0.05, 0.1) is 0 Å². The number of hydrogen-bond acceptors (Lipinski definition) is 3. The molecule has 24 heavy (non-hydrogen) atoms. The number of rotatable bonds is 10. The molecule has 0 bridgehead atoms. The summed E-state index contributed by atoms with van der Waals surface area (Å²) >= 11 is 1.86. The lowest BCUT2D eigenvalue weighted by molar-refractivity contribution is -0.130. The molecule has 0 aromatic carbocycles. The van der Waals surface area contributed by atoms with Gasteiger partial charge in [-0.25, -0.2) is 0 Å². The Morgan fingerprint density at radius 1 is 1.38 bits per heavy atom. The number of nitrogens with one attached hydrogen (secondary N) is 2. The molecular weight excluding hydrogens is 435 g/mol. The topological polar surface area (TPSA) is 56.7 Å². The van der Waals surface area contributed by atoms with Crippen LogP contribution >= 0.6 is 35.7 Å². The highest BCUT2D eigenvalue weighted by atomic mass is 127. The van der Waals surface area contributed by atoms with Gasteiger partial charge in [-0.2, -0.15) is 11.8 Å². The summed E-state index contributed by atoms with van der Waals surface area (Å²) in [6, 6.07) is 0. The van der Waals surface area contributed by atoms with Gasteiger partial charge in [-0.1, -0.05) is 12.5 Å². The van der Waals surface area contributed by atoms with Gasteiger partial charge in [0.2, 0.25) is 5.91 Å². The summed E-state index contributed by atoms with van der Waals surface area (Å²) in [6.07, 6.45) is 6.93. The third-order valence-electron chi connectivity index (χ3n) is 3.65. The van der Waals surface area contributed by atoms with Crippen LogP contribution in [0.3, 0.4) is 0 Å². The molecule has 2 N–H and O–H groups in total. The summed E-state index contributed by atoms with van der Waals surface area (Å²) in [5.41, 5.74) is 0. The van der Waals surface area contributed by atoms with E-state index in [0.29, 0.717) is 5.91 Å². The lowest BCUT2D eigenvalue weighted by Crippen LogP contribution is -2.38. The van der Waals surface area contributed by atoms with E-state index in [4.69, 9.17) is 0 Å². The fourth-order valence-electron chi connectivity index (χ4n) is 2.48. The van der Waals surface area contributed by atoms with Crippen LogP contribution in [-0.4, -0.2) is 61.0 Å². The number of hydrogen-bond donors (Lipinski definition) is 2. The van der Waals surface area contributed by atoms with E-state index < -0.39 is 0 Å². The van der Waals surface area contributed by atoms with Crippen molar-refractivity contribution in [2.45, 2.75) is 39.0 Å². The van der Waals surface area contributed by atoms with Gasteiger partial charge in [0.15, 0.2) is 5.96 Å². The number of thioether (sulfide) groups is 1. The van der Waals surface area contributed by atoms with Gasteiger partial charge in [-0.3, -0.25) is 9.79 Å². The molecule has 1 fully saturated rings. The number of nitrogens with zero attached hydrogens (tertiary/aromatic N) is 2. The fourth-order valence-corrected chi connectivity index (χ4v) is 3.06.